The molecule has 1 N–H and O–H groups in total. The summed E-state index contributed by atoms with van der Waals surface area (Å²) in [7, 11) is 0. The van der Waals surface area contributed by atoms with Crippen molar-refractivity contribution >= 4 is 0 Å². The molecule has 0 amide bonds. The second kappa shape index (κ2) is 7.24. The van der Waals surface area contributed by atoms with Gasteiger partial charge in [-0.1, -0.05) is 39.5 Å². The van der Waals surface area contributed by atoms with Crippen LogP contribution in [0.4, 0.5) is 0 Å². The molecule has 0 unspecified atom stereocenters. The normalized spacial score (nSPS) is 17.4. The number of unbranched alkanes of at least 4 members (excludes halogenated alkanes) is 4. The SMILES string of the molecule is CCCCCCCN(CC)C1CNC1. The first-order chi connectivity index (χ1) is 6.88. The molecule has 0 radical (unpaired) electrons. The molecular weight excluding hydrogens is 172 g/mol. The van der Waals surface area contributed by atoms with Gasteiger partial charge in [0.05, 0.1) is 0 Å². The van der Waals surface area contributed by atoms with Crippen molar-refractivity contribution in [3.8, 4) is 0 Å². The van der Waals surface area contributed by atoms with Crippen LogP contribution in [-0.2, 0) is 0 Å². The highest BCUT2D eigenvalue weighted by atomic mass is 15.2. The van der Waals surface area contributed by atoms with Crippen LogP contribution in [0.5, 0.6) is 0 Å². The molecule has 1 heterocycles. The van der Waals surface area contributed by atoms with Crippen LogP contribution in [0.3, 0.4) is 0 Å². The molecule has 1 aliphatic rings. The fraction of sp³-hybridized carbons (Fsp3) is 1.00. The Bertz CT molecular complexity index is 132. The molecule has 0 spiro atoms. The highest BCUT2D eigenvalue weighted by Gasteiger charge is 2.22. The van der Waals surface area contributed by atoms with Crippen LogP contribution in [0.1, 0.15) is 46.0 Å². The van der Waals surface area contributed by atoms with Gasteiger partial charge in [-0.2, -0.15) is 0 Å². The van der Waals surface area contributed by atoms with E-state index in [1.165, 1.54) is 58.3 Å². The zero-order valence-electron chi connectivity index (χ0n) is 9.89. The Morgan fingerprint density at radius 2 is 1.79 bits per heavy atom. The van der Waals surface area contributed by atoms with E-state index in [1.54, 1.807) is 0 Å². The van der Waals surface area contributed by atoms with Gasteiger partial charge in [0, 0.05) is 19.1 Å². The van der Waals surface area contributed by atoms with Crippen molar-refractivity contribution in [1.82, 2.24) is 10.2 Å². The van der Waals surface area contributed by atoms with Gasteiger partial charge in [-0.3, -0.25) is 4.90 Å². The summed E-state index contributed by atoms with van der Waals surface area (Å²) < 4.78 is 0. The van der Waals surface area contributed by atoms with Crippen molar-refractivity contribution in [1.29, 1.82) is 0 Å². The van der Waals surface area contributed by atoms with Crippen LogP contribution in [0.15, 0.2) is 0 Å². The Balaban J connectivity index is 1.97. The zero-order chi connectivity index (χ0) is 10.2. The topological polar surface area (TPSA) is 15.3 Å². The standard InChI is InChI=1S/C12H26N2/c1-3-5-6-7-8-9-14(4-2)12-10-13-11-12/h12-13H,3-11H2,1-2H3. The molecule has 1 fully saturated rings. The molecule has 0 aromatic rings. The zero-order valence-corrected chi connectivity index (χ0v) is 9.89. The van der Waals surface area contributed by atoms with Crippen LogP contribution in [0.2, 0.25) is 0 Å². The molecule has 2 nitrogen and oxygen atoms in total. The first-order valence-electron chi connectivity index (χ1n) is 6.33. The second-order valence-electron chi connectivity index (χ2n) is 4.35. The van der Waals surface area contributed by atoms with Gasteiger partial charge in [0.2, 0.25) is 0 Å². The second-order valence-corrected chi connectivity index (χ2v) is 4.35. The third-order valence-electron chi connectivity index (χ3n) is 3.23. The Hall–Kier alpha value is -0.0800. The molecule has 0 aliphatic carbocycles. The first kappa shape index (κ1) is 12.0. The summed E-state index contributed by atoms with van der Waals surface area (Å²) in [4.78, 5) is 2.63. The maximum absolute atomic E-state index is 3.35. The molecular formula is C12H26N2. The molecule has 84 valence electrons. The van der Waals surface area contributed by atoms with E-state index in [1.807, 2.05) is 0 Å². The van der Waals surface area contributed by atoms with Crippen LogP contribution in [0.25, 0.3) is 0 Å². The molecule has 0 bridgehead atoms. The molecule has 1 aliphatic heterocycles. The Labute approximate surface area is 89.1 Å². The van der Waals surface area contributed by atoms with Crippen molar-refractivity contribution in [3.05, 3.63) is 0 Å². The van der Waals surface area contributed by atoms with E-state index in [2.05, 4.69) is 24.1 Å². The van der Waals surface area contributed by atoms with E-state index >= 15 is 0 Å². The van der Waals surface area contributed by atoms with Gasteiger partial charge in [0.1, 0.15) is 0 Å². The molecule has 0 aromatic carbocycles. The smallest absolute Gasteiger partial charge is 0.0345 e. The van der Waals surface area contributed by atoms with Crippen LogP contribution in [-0.4, -0.2) is 37.1 Å². The van der Waals surface area contributed by atoms with Crippen LogP contribution in [0, 0.1) is 0 Å². The lowest BCUT2D eigenvalue weighted by molar-refractivity contribution is 0.150. The molecule has 0 saturated carbocycles. The number of nitrogens with one attached hydrogen (secondary N) is 1. The minimum Gasteiger partial charge on any atom is -0.314 e. The molecule has 1 rings (SSSR count). The number of rotatable bonds is 8. The van der Waals surface area contributed by atoms with E-state index < -0.39 is 0 Å². The average Bonchev–Trinajstić information content (AvgIpc) is 2.12. The first-order valence-corrected chi connectivity index (χ1v) is 6.33. The lowest BCUT2D eigenvalue weighted by Gasteiger charge is -2.37. The number of nitrogens with zero attached hydrogens (tertiary/aromatic N) is 1. The lowest BCUT2D eigenvalue weighted by Crippen LogP contribution is -2.57. The molecule has 2 heteroatoms. The summed E-state index contributed by atoms with van der Waals surface area (Å²) in [5.41, 5.74) is 0. The van der Waals surface area contributed by atoms with Crippen LogP contribution < -0.4 is 5.32 Å². The Kier molecular flexibility index (Phi) is 6.20. The Morgan fingerprint density at radius 3 is 2.29 bits per heavy atom. The minimum atomic E-state index is 0.839. The van der Waals surface area contributed by atoms with Gasteiger partial charge in [-0.15, -0.1) is 0 Å². The average molecular weight is 198 g/mol. The summed E-state index contributed by atoms with van der Waals surface area (Å²) >= 11 is 0. The molecule has 0 atom stereocenters. The fourth-order valence-electron chi connectivity index (χ4n) is 2.05. The third kappa shape index (κ3) is 3.97. The highest BCUT2D eigenvalue weighted by molar-refractivity contribution is 4.83. The summed E-state index contributed by atoms with van der Waals surface area (Å²) in [6, 6.07) is 0.839. The van der Waals surface area contributed by atoms with E-state index in [9.17, 15) is 0 Å². The number of hydrogen-bond acceptors (Lipinski definition) is 2. The van der Waals surface area contributed by atoms with Gasteiger partial charge < -0.3 is 5.32 Å². The number of likely N-dealkylation sites (N-methyl/N-ethyl adjacent to an activating group) is 1. The molecule has 1 saturated heterocycles. The monoisotopic (exact) mass is 198 g/mol. The molecule has 0 aromatic heterocycles. The van der Waals surface area contributed by atoms with Crippen molar-refractivity contribution in [3.63, 3.8) is 0 Å². The van der Waals surface area contributed by atoms with Crippen molar-refractivity contribution in [2.24, 2.45) is 0 Å². The maximum atomic E-state index is 3.35. The predicted molar refractivity (Wildman–Crippen MR) is 62.7 cm³/mol. The van der Waals surface area contributed by atoms with E-state index in [4.69, 9.17) is 0 Å². The van der Waals surface area contributed by atoms with Gasteiger partial charge in [-0.05, 0) is 19.5 Å². The third-order valence-corrected chi connectivity index (χ3v) is 3.23. The van der Waals surface area contributed by atoms with Crippen molar-refractivity contribution < 1.29 is 0 Å². The van der Waals surface area contributed by atoms with Crippen LogP contribution >= 0.6 is 0 Å². The van der Waals surface area contributed by atoms with Gasteiger partial charge in [0.25, 0.3) is 0 Å². The van der Waals surface area contributed by atoms with E-state index in [0.717, 1.165) is 6.04 Å². The summed E-state index contributed by atoms with van der Waals surface area (Å²) in [6.45, 7) is 9.51. The fourth-order valence-corrected chi connectivity index (χ4v) is 2.05. The van der Waals surface area contributed by atoms with E-state index in [-0.39, 0.29) is 0 Å². The van der Waals surface area contributed by atoms with Gasteiger partial charge >= 0.3 is 0 Å². The predicted octanol–water partition coefficient (Wildman–Crippen LogP) is 2.25. The minimum absolute atomic E-state index is 0.839. The summed E-state index contributed by atoms with van der Waals surface area (Å²) in [5, 5.41) is 3.35. The largest absolute Gasteiger partial charge is 0.314 e. The highest BCUT2D eigenvalue weighted by Crippen LogP contribution is 2.08. The quantitative estimate of drug-likeness (QED) is 0.602. The van der Waals surface area contributed by atoms with Crippen molar-refractivity contribution in [2.75, 3.05) is 26.2 Å². The van der Waals surface area contributed by atoms with Gasteiger partial charge in [0.15, 0.2) is 0 Å². The lowest BCUT2D eigenvalue weighted by atomic mass is 10.1. The Morgan fingerprint density at radius 1 is 1.07 bits per heavy atom. The number of hydrogen-bond donors (Lipinski definition) is 1. The molecule has 14 heavy (non-hydrogen) atoms. The van der Waals surface area contributed by atoms with Crippen molar-refractivity contribution in [2.45, 2.75) is 52.0 Å². The van der Waals surface area contributed by atoms with Gasteiger partial charge in [-0.25, -0.2) is 0 Å². The summed E-state index contributed by atoms with van der Waals surface area (Å²) in [6.07, 6.45) is 7.01. The summed E-state index contributed by atoms with van der Waals surface area (Å²) in [5.74, 6) is 0. The van der Waals surface area contributed by atoms with E-state index in [0.29, 0.717) is 0 Å². The maximum Gasteiger partial charge on any atom is 0.0345 e.